The third-order valence-electron chi connectivity index (χ3n) is 3.80. The molecule has 2 heterocycles. The van der Waals surface area contributed by atoms with E-state index in [9.17, 15) is 19.2 Å². The highest BCUT2D eigenvalue weighted by molar-refractivity contribution is 6.01. The van der Waals surface area contributed by atoms with Crippen molar-refractivity contribution in [2.45, 2.75) is 0 Å². The first-order valence-corrected chi connectivity index (χ1v) is 7.73. The van der Waals surface area contributed by atoms with E-state index in [2.05, 4.69) is 0 Å². The summed E-state index contributed by atoms with van der Waals surface area (Å²) in [6.45, 7) is -0.560. The monoisotopic (exact) mass is 373 g/mol. The van der Waals surface area contributed by atoms with E-state index in [1.807, 2.05) is 4.98 Å². The molecule has 0 fully saturated rings. The Hall–Kier alpha value is -3.82. The number of hydrogen-bond donors (Lipinski definition) is 2. The first-order chi connectivity index (χ1) is 12.9. The van der Waals surface area contributed by atoms with Crippen LogP contribution in [-0.2, 0) is 16.6 Å². The molecule has 0 bridgehead atoms. The number of nitrogens with two attached hydrogens (primary N) is 1. The molecule has 1 aliphatic rings. The molecule has 1 aromatic carbocycles. The van der Waals surface area contributed by atoms with Gasteiger partial charge in [-0.15, -0.1) is 0 Å². The number of Topliss-reactive ketones (excluding diaryl/α,β-unsaturated/α-hetero) is 1. The number of aromatic amines is 1. The van der Waals surface area contributed by atoms with Gasteiger partial charge in [-0.05, 0) is 23.8 Å². The highest BCUT2D eigenvalue weighted by Gasteiger charge is 2.19. The quantitative estimate of drug-likeness (QED) is 0.418. The first-order valence-electron chi connectivity index (χ1n) is 7.73. The number of ether oxygens (including phenoxy) is 3. The number of carbonyl (C=O) groups is 2. The van der Waals surface area contributed by atoms with Crippen molar-refractivity contribution in [3.63, 3.8) is 0 Å². The number of aromatic nitrogens is 2. The second-order valence-corrected chi connectivity index (χ2v) is 5.56. The normalized spacial score (nSPS) is 12.3. The molecule has 0 spiro atoms. The topological polar surface area (TPSA) is 143 Å². The van der Waals surface area contributed by atoms with E-state index in [-0.39, 0.29) is 12.6 Å². The summed E-state index contributed by atoms with van der Waals surface area (Å²) < 4.78 is 16.2. The Labute approximate surface area is 151 Å². The number of benzene rings is 1. The van der Waals surface area contributed by atoms with Crippen LogP contribution in [0.1, 0.15) is 15.9 Å². The van der Waals surface area contributed by atoms with Gasteiger partial charge in [-0.2, -0.15) is 0 Å². The Kier molecular flexibility index (Phi) is 4.79. The summed E-state index contributed by atoms with van der Waals surface area (Å²) in [5.74, 6) is -0.749. The molecular formula is C17H15N3O7. The summed E-state index contributed by atoms with van der Waals surface area (Å²) >= 11 is 0. The van der Waals surface area contributed by atoms with E-state index >= 15 is 0 Å². The molecule has 0 amide bonds. The summed E-state index contributed by atoms with van der Waals surface area (Å²) in [4.78, 5) is 49.0. The number of nitrogens with one attached hydrogen (secondary N) is 1. The second-order valence-electron chi connectivity index (χ2n) is 5.56. The average molecular weight is 373 g/mol. The van der Waals surface area contributed by atoms with Gasteiger partial charge in [-0.25, -0.2) is 9.59 Å². The molecule has 10 nitrogen and oxygen atoms in total. The molecule has 1 aromatic heterocycles. The van der Waals surface area contributed by atoms with E-state index in [4.69, 9.17) is 19.9 Å². The number of ketones is 1. The summed E-state index contributed by atoms with van der Waals surface area (Å²) in [7, 11) is 1.30. The van der Waals surface area contributed by atoms with E-state index in [0.717, 1.165) is 10.6 Å². The van der Waals surface area contributed by atoms with E-state index < -0.39 is 35.2 Å². The molecule has 3 N–H and O–H groups in total. The predicted octanol–water partition coefficient (Wildman–Crippen LogP) is -0.176. The highest BCUT2D eigenvalue weighted by atomic mass is 16.7. The van der Waals surface area contributed by atoms with Crippen LogP contribution in [0.25, 0.3) is 6.08 Å². The summed E-state index contributed by atoms with van der Waals surface area (Å²) in [6.07, 6.45) is 2.60. The van der Waals surface area contributed by atoms with Crippen LogP contribution in [0.5, 0.6) is 11.5 Å². The van der Waals surface area contributed by atoms with Crippen LogP contribution in [0.4, 0.5) is 5.82 Å². The minimum Gasteiger partial charge on any atom is -0.454 e. The van der Waals surface area contributed by atoms with Crippen LogP contribution in [-0.4, -0.2) is 34.7 Å². The molecule has 1 aliphatic heterocycles. The number of nitrogen functional groups attached to an aromatic ring is 1. The van der Waals surface area contributed by atoms with Crippen LogP contribution in [0.15, 0.2) is 33.9 Å². The number of anilines is 1. The van der Waals surface area contributed by atoms with Crippen molar-refractivity contribution in [1.82, 2.24) is 9.55 Å². The SMILES string of the molecule is Cn1c(N)c(C(=O)COC(=O)/C=C/c2ccc3c(c2)OCO3)c(=O)[nH]c1=O. The lowest BCUT2D eigenvalue weighted by molar-refractivity contribution is -0.136. The van der Waals surface area contributed by atoms with Gasteiger partial charge in [0.25, 0.3) is 5.56 Å². The van der Waals surface area contributed by atoms with Crippen molar-refractivity contribution < 1.29 is 23.8 Å². The van der Waals surface area contributed by atoms with Crippen LogP contribution in [0.2, 0.25) is 0 Å². The molecule has 27 heavy (non-hydrogen) atoms. The summed E-state index contributed by atoms with van der Waals surface area (Å²) in [5, 5.41) is 0. The van der Waals surface area contributed by atoms with Crippen LogP contribution in [0, 0.1) is 0 Å². The van der Waals surface area contributed by atoms with Crippen molar-refractivity contribution in [2.24, 2.45) is 7.05 Å². The molecule has 0 aliphatic carbocycles. The third kappa shape index (κ3) is 3.73. The predicted molar refractivity (Wildman–Crippen MR) is 93.6 cm³/mol. The Bertz CT molecular complexity index is 1070. The number of esters is 1. The maximum atomic E-state index is 12.1. The molecular weight excluding hydrogens is 358 g/mol. The van der Waals surface area contributed by atoms with Crippen molar-refractivity contribution in [3.05, 3.63) is 56.2 Å². The Morgan fingerprint density at radius 1 is 1.30 bits per heavy atom. The van der Waals surface area contributed by atoms with Crippen LogP contribution >= 0.6 is 0 Å². The Morgan fingerprint density at radius 3 is 2.81 bits per heavy atom. The van der Waals surface area contributed by atoms with Crippen molar-refractivity contribution in [3.8, 4) is 11.5 Å². The molecule has 10 heteroatoms. The fourth-order valence-electron chi connectivity index (χ4n) is 2.34. The minimum absolute atomic E-state index is 0.139. The van der Waals surface area contributed by atoms with Crippen LogP contribution in [0.3, 0.4) is 0 Å². The molecule has 0 unspecified atom stereocenters. The maximum Gasteiger partial charge on any atom is 0.331 e. The Morgan fingerprint density at radius 2 is 2.04 bits per heavy atom. The average Bonchev–Trinajstić information content (AvgIpc) is 3.10. The highest BCUT2D eigenvalue weighted by Crippen LogP contribution is 2.32. The molecule has 140 valence electrons. The van der Waals surface area contributed by atoms with E-state index in [0.29, 0.717) is 17.1 Å². The van der Waals surface area contributed by atoms with Gasteiger partial charge in [-0.1, -0.05) is 6.07 Å². The summed E-state index contributed by atoms with van der Waals surface area (Å²) in [5.41, 5.74) is 4.15. The van der Waals surface area contributed by atoms with Gasteiger partial charge in [0.2, 0.25) is 12.6 Å². The standard InChI is InChI=1S/C17H15N3O7/c1-20-15(18)14(16(23)19-17(20)24)10(21)7-25-13(22)5-3-9-2-4-11-12(6-9)27-8-26-11/h2-6H,7-8,18H2,1H3,(H,19,23,24)/b5-3+. The number of rotatable bonds is 5. The number of nitrogens with zero attached hydrogens (tertiary/aromatic N) is 1. The smallest absolute Gasteiger partial charge is 0.331 e. The Balaban J connectivity index is 1.64. The number of H-pyrrole nitrogens is 1. The largest absolute Gasteiger partial charge is 0.454 e. The van der Waals surface area contributed by atoms with Crippen molar-refractivity contribution in [2.75, 3.05) is 19.1 Å². The van der Waals surface area contributed by atoms with Gasteiger partial charge >= 0.3 is 11.7 Å². The maximum absolute atomic E-state index is 12.1. The van der Waals surface area contributed by atoms with Crippen molar-refractivity contribution in [1.29, 1.82) is 0 Å². The molecule has 2 aromatic rings. The summed E-state index contributed by atoms with van der Waals surface area (Å²) in [6, 6.07) is 5.10. The van der Waals surface area contributed by atoms with Crippen molar-refractivity contribution >= 4 is 23.6 Å². The van der Waals surface area contributed by atoms with Gasteiger partial charge < -0.3 is 19.9 Å². The third-order valence-corrected chi connectivity index (χ3v) is 3.80. The molecule has 0 radical (unpaired) electrons. The minimum atomic E-state index is -0.937. The zero-order valence-corrected chi connectivity index (χ0v) is 14.2. The lowest BCUT2D eigenvalue weighted by Gasteiger charge is -2.07. The molecule has 0 atom stereocenters. The van der Waals surface area contributed by atoms with E-state index in [1.54, 1.807) is 18.2 Å². The molecule has 3 rings (SSSR count). The molecule has 0 saturated carbocycles. The van der Waals surface area contributed by atoms with E-state index in [1.165, 1.54) is 13.1 Å². The van der Waals surface area contributed by atoms with Gasteiger partial charge in [0.15, 0.2) is 18.1 Å². The first kappa shape index (κ1) is 18.0. The second kappa shape index (κ2) is 7.20. The number of fused-ring (bicyclic) bond motifs is 1. The van der Waals surface area contributed by atoms with Gasteiger partial charge in [-0.3, -0.25) is 19.1 Å². The van der Waals surface area contributed by atoms with Gasteiger partial charge in [0, 0.05) is 13.1 Å². The number of carbonyl (C=O) groups excluding carboxylic acids is 2. The lowest BCUT2D eigenvalue weighted by atomic mass is 10.2. The van der Waals surface area contributed by atoms with Gasteiger partial charge in [0.1, 0.15) is 11.4 Å². The zero-order valence-electron chi connectivity index (χ0n) is 14.2. The fraction of sp³-hybridized carbons (Fsp3) is 0.176. The number of hydrogen-bond acceptors (Lipinski definition) is 8. The van der Waals surface area contributed by atoms with Gasteiger partial charge in [0.05, 0.1) is 0 Å². The lowest BCUT2D eigenvalue weighted by Crippen LogP contribution is -2.35. The van der Waals surface area contributed by atoms with Crippen LogP contribution < -0.4 is 26.5 Å². The molecule has 0 saturated heterocycles. The zero-order chi connectivity index (χ0) is 19.6. The fourth-order valence-corrected chi connectivity index (χ4v) is 2.34.